The third-order valence-corrected chi connectivity index (χ3v) is 3.13. The molecule has 1 heterocycles. The van der Waals surface area contributed by atoms with Crippen LogP contribution < -0.4 is 0 Å². The van der Waals surface area contributed by atoms with Gasteiger partial charge in [0.25, 0.3) is 0 Å². The molecule has 1 atom stereocenters. The lowest BCUT2D eigenvalue weighted by Crippen LogP contribution is -2.39. The highest BCUT2D eigenvalue weighted by Gasteiger charge is 2.13. The molecular weight excluding hydrogens is 230 g/mol. The Morgan fingerprint density at radius 3 is 2.78 bits per heavy atom. The van der Waals surface area contributed by atoms with Gasteiger partial charge >= 0.3 is 0 Å². The molecule has 0 unspecified atom stereocenters. The smallest absolute Gasteiger partial charge is 0.246 e. The number of carbonyl (C=O) groups is 1. The zero-order valence-corrected chi connectivity index (χ0v) is 11.3. The van der Waals surface area contributed by atoms with Crippen LogP contribution in [0.3, 0.4) is 0 Å². The molecule has 0 aromatic rings. The predicted octanol–water partition coefficient (Wildman–Crippen LogP) is 1.73. The molecule has 0 aromatic carbocycles. The van der Waals surface area contributed by atoms with Gasteiger partial charge in [-0.05, 0) is 18.9 Å². The van der Waals surface area contributed by atoms with Crippen molar-refractivity contribution < 1.29 is 14.6 Å². The molecular formula is C14H25NO3. The number of hydrogen-bond donors (Lipinski definition) is 1. The number of morpholine rings is 1. The van der Waals surface area contributed by atoms with Crippen LogP contribution >= 0.6 is 0 Å². The summed E-state index contributed by atoms with van der Waals surface area (Å²) in [6, 6.07) is 0. The fraction of sp³-hybridized carbons (Fsp3) is 0.786. The first-order valence-electron chi connectivity index (χ1n) is 6.95. The van der Waals surface area contributed by atoms with Gasteiger partial charge in [-0.15, -0.1) is 0 Å². The van der Waals surface area contributed by atoms with E-state index in [1.807, 2.05) is 0 Å². The molecule has 0 saturated carbocycles. The van der Waals surface area contributed by atoms with Gasteiger partial charge in [0.15, 0.2) is 0 Å². The maximum atomic E-state index is 11.7. The van der Waals surface area contributed by atoms with Gasteiger partial charge in [0.2, 0.25) is 5.91 Å². The number of carbonyl (C=O) groups excluding carboxylic acids is 1. The van der Waals surface area contributed by atoms with E-state index in [2.05, 4.69) is 6.92 Å². The van der Waals surface area contributed by atoms with Gasteiger partial charge < -0.3 is 14.7 Å². The second-order valence-corrected chi connectivity index (χ2v) is 4.73. The molecule has 1 saturated heterocycles. The normalized spacial score (nSPS) is 18.2. The van der Waals surface area contributed by atoms with E-state index >= 15 is 0 Å². The summed E-state index contributed by atoms with van der Waals surface area (Å²) in [5, 5.41) is 9.70. The van der Waals surface area contributed by atoms with Crippen molar-refractivity contribution in [2.75, 3.05) is 26.3 Å². The predicted molar refractivity (Wildman–Crippen MR) is 71.3 cm³/mol. The van der Waals surface area contributed by atoms with Crippen LogP contribution in [0.1, 0.15) is 39.0 Å². The van der Waals surface area contributed by atoms with Crippen molar-refractivity contribution in [1.82, 2.24) is 4.90 Å². The second-order valence-electron chi connectivity index (χ2n) is 4.73. The third-order valence-electron chi connectivity index (χ3n) is 3.13. The van der Waals surface area contributed by atoms with E-state index in [4.69, 9.17) is 4.74 Å². The van der Waals surface area contributed by atoms with Crippen LogP contribution in [0.4, 0.5) is 0 Å². The van der Waals surface area contributed by atoms with E-state index in [0.717, 1.165) is 25.7 Å². The number of hydrogen-bond acceptors (Lipinski definition) is 3. The molecule has 0 spiro atoms. The first-order valence-corrected chi connectivity index (χ1v) is 6.95. The van der Waals surface area contributed by atoms with Crippen molar-refractivity contribution in [2.45, 2.75) is 45.1 Å². The van der Waals surface area contributed by atoms with Gasteiger partial charge in [0.05, 0.1) is 19.3 Å². The van der Waals surface area contributed by atoms with Crippen molar-refractivity contribution in [3.05, 3.63) is 12.2 Å². The van der Waals surface area contributed by atoms with Crippen LogP contribution in [-0.2, 0) is 9.53 Å². The highest BCUT2D eigenvalue weighted by Crippen LogP contribution is 2.07. The third kappa shape index (κ3) is 6.17. The van der Waals surface area contributed by atoms with Crippen LogP contribution in [0.25, 0.3) is 0 Å². The number of nitrogens with zero attached hydrogens (tertiary/aromatic N) is 1. The highest BCUT2D eigenvalue weighted by atomic mass is 16.5. The Hall–Kier alpha value is -0.870. The number of unbranched alkanes of at least 4 members (excludes halogenated alkanes) is 2. The molecule has 0 bridgehead atoms. The van der Waals surface area contributed by atoms with E-state index < -0.39 is 0 Å². The number of aliphatic hydroxyl groups is 1. The molecule has 0 radical (unpaired) electrons. The SMILES string of the molecule is CCCCC[C@H](O)C/C=C/C(=O)N1CCOCC1. The fourth-order valence-corrected chi connectivity index (χ4v) is 1.96. The first-order chi connectivity index (χ1) is 8.74. The standard InChI is InChI=1S/C14H25NO3/c1-2-3-4-6-13(16)7-5-8-14(17)15-9-11-18-12-10-15/h5,8,13,16H,2-4,6-7,9-12H2,1H3/b8-5+/t13-/m0/s1. The van der Waals surface area contributed by atoms with Crippen molar-refractivity contribution in [3.63, 3.8) is 0 Å². The van der Waals surface area contributed by atoms with Gasteiger partial charge in [0, 0.05) is 13.1 Å². The summed E-state index contributed by atoms with van der Waals surface area (Å²) in [5.74, 6) is 0.0269. The van der Waals surface area contributed by atoms with E-state index in [1.165, 1.54) is 0 Å². The van der Waals surface area contributed by atoms with Crippen LogP contribution in [0, 0.1) is 0 Å². The molecule has 4 heteroatoms. The molecule has 1 aliphatic rings. The second kappa shape index (κ2) is 9.11. The minimum absolute atomic E-state index is 0.0269. The van der Waals surface area contributed by atoms with Crippen molar-refractivity contribution >= 4 is 5.91 Å². The minimum Gasteiger partial charge on any atom is -0.393 e. The molecule has 18 heavy (non-hydrogen) atoms. The fourth-order valence-electron chi connectivity index (χ4n) is 1.96. The Bertz CT molecular complexity index is 260. The van der Waals surface area contributed by atoms with Gasteiger partial charge in [-0.1, -0.05) is 32.3 Å². The molecule has 1 aliphatic heterocycles. The number of ether oxygens (including phenoxy) is 1. The summed E-state index contributed by atoms with van der Waals surface area (Å²) in [6.07, 6.45) is 7.83. The van der Waals surface area contributed by atoms with E-state index in [1.54, 1.807) is 17.1 Å². The van der Waals surface area contributed by atoms with Gasteiger partial charge in [-0.25, -0.2) is 0 Å². The lowest BCUT2D eigenvalue weighted by molar-refractivity contribution is -0.129. The zero-order chi connectivity index (χ0) is 13.2. The highest BCUT2D eigenvalue weighted by molar-refractivity contribution is 5.87. The van der Waals surface area contributed by atoms with Crippen molar-refractivity contribution in [1.29, 1.82) is 0 Å². The maximum Gasteiger partial charge on any atom is 0.246 e. The van der Waals surface area contributed by atoms with Crippen LogP contribution in [-0.4, -0.2) is 48.3 Å². The minimum atomic E-state index is -0.315. The summed E-state index contributed by atoms with van der Waals surface area (Å²) in [6.45, 7) is 4.73. The molecule has 0 aromatic heterocycles. The number of aliphatic hydroxyl groups excluding tert-OH is 1. The molecule has 0 aliphatic carbocycles. The van der Waals surface area contributed by atoms with Gasteiger partial charge in [-0.3, -0.25) is 4.79 Å². The van der Waals surface area contributed by atoms with E-state index in [9.17, 15) is 9.90 Å². The largest absolute Gasteiger partial charge is 0.393 e. The maximum absolute atomic E-state index is 11.7. The Kier molecular flexibility index (Phi) is 7.69. The van der Waals surface area contributed by atoms with Gasteiger partial charge in [0.1, 0.15) is 0 Å². The van der Waals surface area contributed by atoms with Crippen molar-refractivity contribution in [2.24, 2.45) is 0 Å². The summed E-state index contributed by atoms with van der Waals surface area (Å²) in [5.41, 5.74) is 0. The number of amides is 1. The average Bonchev–Trinajstić information content (AvgIpc) is 2.40. The summed E-state index contributed by atoms with van der Waals surface area (Å²) in [4.78, 5) is 13.5. The lowest BCUT2D eigenvalue weighted by Gasteiger charge is -2.25. The first kappa shape index (κ1) is 15.2. The Morgan fingerprint density at radius 2 is 2.11 bits per heavy atom. The zero-order valence-electron chi connectivity index (χ0n) is 11.3. The molecule has 104 valence electrons. The molecule has 4 nitrogen and oxygen atoms in total. The molecule has 1 N–H and O–H groups in total. The van der Waals surface area contributed by atoms with Crippen LogP contribution in [0.15, 0.2) is 12.2 Å². The Labute approximate surface area is 110 Å². The van der Waals surface area contributed by atoms with Crippen LogP contribution in [0.2, 0.25) is 0 Å². The topological polar surface area (TPSA) is 49.8 Å². The van der Waals surface area contributed by atoms with E-state index in [0.29, 0.717) is 32.7 Å². The quantitative estimate of drug-likeness (QED) is 0.557. The molecule has 1 amide bonds. The summed E-state index contributed by atoms with van der Waals surface area (Å²) < 4.78 is 5.19. The summed E-state index contributed by atoms with van der Waals surface area (Å²) >= 11 is 0. The molecule has 1 fully saturated rings. The number of rotatable bonds is 7. The summed E-state index contributed by atoms with van der Waals surface area (Å²) in [7, 11) is 0. The lowest BCUT2D eigenvalue weighted by atomic mass is 10.1. The van der Waals surface area contributed by atoms with Crippen molar-refractivity contribution in [3.8, 4) is 0 Å². The Balaban J connectivity index is 2.16. The van der Waals surface area contributed by atoms with Gasteiger partial charge in [-0.2, -0.15) is 0 Å². The Morgan fingerprint density at radius 1 is 1.39 bits per heavy atom. The van der Waals surface area contributed by atoms with E-state index in [-0.39, 0.29) is 12.0 Å². The molecule has 1 rings (SSSR count). The van der Waals surface area contributed by atoms with Crippen LogP contribution in [0.5, 0.6) is 0 Å². The average molecular weight is 255 g/mol. The monoisotopic (exact) mass is 255 g/mol.